The molecule has 2 saturated heterocycles. The van der Waals surface area contributed by atoms with Gasteiger partial charge in [0, 0.05) is 57.9 Å². The van der Waals surface area contributed by atoms with E-state index < -0.39 is 0 Å². The average Bonchev–Trinajstić information content (AvgIpc) is 3.21. The number of nitrogens with one attached hydrogen (secondary N) is 1. The number of carbonyl (C=O) groups is 2. The molecule has 2 amide bonds. The van der Waals surface area contributed by atoms with Gasteiger partial charge >= 0.3 is 0 Å². The highest BCUT2D eigenvalue weighted by Crippen LogP contribution is 2.27. The van der Waals surface area contributed by atoms with Crippen LogP contribution in [0.15, 0.2) is 36.8 Å². The predicted molar refractivity (Wildman–Crippen MR) is 117 cm³/mol. The molecule has 0 aliphatic carbocycles. The average molecular weight is 425 g/mol. The van der Waals surface area contributed by atoms with E-state index in [4.69, 9.17) is 0 Å². The van der Waals surface area contributed by atoms with Gasteiger partial charge in [0.15, 0.2) is 0 Å². The molecule has 0 saturated carbocycles. The highest BCUT2D eigenvalue weighted by molar-refractivity contribution is 5.92. The third kappa shape index (κ3) is 5.12. The Labute approximate surface area is 183 Å². The van der Waals surface area contributed by atoms with E-state index in [2.05, 4.69) is 20.3 Å². The van der Waals surface area contributed by atoms with Crippen LogP contribution in [0.3, 0.4) is 0 Å². The van der Waals surface area contributed by atoms with Gasteiger partial charge in [0.05, 0.1) is 5.92 Å². The lowest BCUT2D eigenvalue weighted by atomic mass is 9.88. The third-order valence-corrected chi connectivity index (χ3v) is 6.52. The Morgan fingerprint density at radius 1 is 1.10 bits per heavy atom. The van der Waals surface area contributed by atoms with Crippen LogP contribution in [0.25, 0.3) is 0 Å². The first-order valence-corrected chi connectivity index (χ1v) is 11.3. The Morgan fingerprint density at radius 2 is 1.90 bits per heavy atom. The van der Waals surface area contributed by atoms with Crippen molar-refractivity contribution in [2.75, 3.05) is 26.2 Å². The highest BCUT2D eigenvalue weighted by Gasteiger charge is 2.39. The van der Waals surface area contributed by atoms with Gasteiger partial charge in [0.1, 0.15) is 5.69 Å². The van der Waals surface area contributed by atoms with Crippen LogP contribution in [-0.2, 0) is 18.4 Å². The lowest BCUT2D eigenvalue weighted by Crippen LogP contribution is -2.57. The van der Waals surface area contributed by atoms with Crippen molar-refractivity contribution in [1.82, 2.24) is 29.9 Å². The van der Waals surface area contributed by atoms with Crippen molar-refractivity contribution < 1.29 is 9.59 Å². The molecule has 0 radical (unpaired) electrons. The molecule has 4 heterocycles. The monoisotopic (exact) mass is 424 g/mol. The lowest BCUT2D eigenvalue weighted by Gasteiger charge is -2.43. The van der Waals surface area contributed by atoms with Gasteiger partial charge in [-0.1, -0.05) is 12.8 Å². The maximum absolute atomic E-state index is 13.2. The quantitative estimate of drug-likeness (QED) is 0.813. The molecule has 0 aromatic carbocycles. The summed E-state index contributed by atoms with van der Waals surface area (Å²) < 4.78 is 1.62. The summed E-state index contributed by atoms with van der Waals surface area (Å²) in [6, 6.07) is 5.80. The summed E-state index contributed by atoms with van der Waals surface area (Å²) in [6.45, 7) is 3.55. The largest absolute Gasteiger partial charge is 0.356 e. The molecule has 0 bridgehead atoms. The normalized spacial score (nSPS) is 23.5. The van der Waals surface area contributed by atoms with Gasteiger partial charge in [0.2, 0.25) is 5.91 Å². The van der Waals surface area contributed by atoms with Crippen molar-refractivity contribution in [3.05, 3.63) is 48.0 Å². The van der Waals surface area contributed by atoms with E-state index in [0.29, 0.717) is 25.2 Å². The number of likely N-dealkylation sites (tertiary alicyclic amines) is 1. The summed E-state index contributed by atoms with van der Waals surface area (Å²) in [5.74, 6) is -0.00757. The van der Waals surface area contributed by atoms with E-state index in [9.17, 15) is 9.59 Å². The number of amides is 2. The second-order valence-electron chi connectivity index (χ2n) is 8.58. The van der Waals surface area contributed by atoms with Crippen molar-refractivity contribution in [3.63, 3.8) is 0 Å². The highest BCUT2D eigenvalue weighted by atomic mass is 16.2. The summed E-state index contributed by atoms with van der Waals surface area (Å²) in [5, 5.41) is 7.30. The zero-order valence-electron chi connectivity index (χ0n) is 18.2. The van der Waals surface area contributed by atoms with Gasteiger partial charge in [-0.3, -0.25) is 24.2 Å². The SMILES string of the molecule is Cn1nccc1C(=O)N1CC[C@H]2C(=O)NCCCCCCN(Cc3ccncc3)[C@@H]2C1. The molecule has 31 heavy (non-hydrogen) atoms. The van der Waals surface area contributed by atoms with Crippen LogP contribution in [0.4, 0.5) is 0 Å². The Hall–Kier alpha value is -2.74. The zero-order chi connectivity index (χ0) is 21.6. The number of carbonyl (C=O) groups excluding carboxylic acids is 2. The molecule has 2 aliphatic rings. The summed E-state index contributed by atoms with van der Waals surface area (Å²) in [4.78, 5) is 34.7. The molecule has 0 spiro atoms. The minimum absolute atomic E-state index is 0.0165. The number of aromatic nitrogens is 3. The first-order chi connectivity index (χ1) is 15.1. The summed E-state index contributed by atoms with van der Waals surface area (Å²) >= 11 is 0. The van der Waals surface area contributed by atoms with Crippen molar-refractivity contribution in [1.29, 1.82) is 0 Å². The number of fused-ring (bicyclic) bond motifs is 1. The molecule has 2 fully saturated rings. The summed E-state index contributed by atoms with van der Waals surface area (Å²) in [6.07, 6.45) is 10.3. The fourth-order valence-electron chi connectivity index (χ4n) is 4.76. The second kappa shape index (κ2) is 10.0. The van der Waals surface area contributed by atoms with Crippen molar-refractivity contribution in [2.24, 2.45) is 13.0 Å². The van der Waals surface area contributed by atoms with Crippen molar-refractivity contribution in [3.8, 4) is 0 Å². The maximum Gasteiger partial charge on any atom is 0.272 e. The second-order valence-corrected chi connectivity index (χ2v) is 8.58. The van der Waals surface area contributed by atoms with Gasteiger partial charge < -0.3 is 10.2 Å². The van der Waals surface area contributed by atoms with Crippen LogP contribution in [-0.4, -0.2) is 68.6 Å². The minimum Gasteiger partial charge on any atom is -0.356 e. The first-order valence-electron chi connectivity index (χ1n) is 11.3. The van der Waals surface area contributed by atoms with Gasteiger partial charge in [-0.25, -0.2) is 0 Å². The van der Waals surface area contributed by atoms with Crippen molar-refractivity contribution >= 4 is 11.8 Å². The van der Waals surface area contributed by atoms with E-state index >= 15 is 0 Å². The first kappa shape index (κ1) is 21.5. The van der Waals surface area contributed by atoms with E-state index in [-0.39, 0.29) is 23.8 Å². The molecule has 0 unspecified atom stereocenters. The molecular weight excluding hydrogens is 392 g/mol. The Morgan fingerprint density at radius 3 is 2.68 bits per heavy atom. The molecule has 2 aliphatic heterocycles. The lowest BCUT2D eigenvalue weighted by molar-refractivity contribution is -0.129. The molecule has 8 heteroatoms. The van der Waals surface area contributed by atoms with Crippen LogP contribution in [0.2, 0.25) is 0 Å². The summed E-state index contributed by atoms with van der Waals surface area (Å²) in [7, 11) is 1.79. The third-order valence-electron chi connectivity index (χ3n) is 6.52. The van der Waals surface area contributed by atoms with E-state index in [1.807, 2.05) is 29.4 Å². The molecular formula is C23H32N6O2. The zero-order valence-corrected chi connectivity index (χ0v) is 18.2. The molecule has 2 atom stereocenters. The van der Waals surface area contributed by atoms with Gasteiger partial charge in [0.25, 0.3) is 5.91 Å². The Balaban J connectivity index is 1.59. The number of pyridine rings is 1. The number of rotatable bonds is 3. The van der Waals surface area contributed by atoms with Crippen molar-refractivity contribution in [2.45, 2.75) is 44.7 Å². The van der Waals surface area contributed by atoms with Gasteiger partial charge in [-0.05, 0) is 49.6 Å². The van der Waals surface area contributed by atoms with Gasteiger partial charge in [-0.15, -0.1) is 0 Å². The topological polar surface area (TPSA) is 83.4 Å². The number of hydrogen-bond acceptors (Lipinski definition) is 5. The number of nitrogens with zero attached hydrogens (tertiary/aromatic N) is 5. The standard InChI is InChI=1S/C23H32N6O2/c1-27-20(8-13-26-27)23(31)29-15-9-19-21(17-29)28(16-18-6-11-24-12-7-18)14-5-3-2-4-10-25-22(19)30/h6-8,11-13,19,21H,2-5,9-10,14-17H2,1H3,(H,25,30)/t19-,21-/m1/s1. The van der Waals surface area contributed by atoms with Crippen LogP contribution in [0.1, 0.15) is 48.2 Å². The smallest absolute Gasteiger partial charge is 0.272 e. The van der Waals surface area contributed by atoms with Crippen LogP contribution >= 0.6 is 0 Å². The van der Waals surface area contributed by atoms with E-state index in [1.165, 1.54) is 5.56 Å². The predicted octanol–water partition coefficient (Wildman–Crippen LogP) is 1.84. The Bertz CT molecular complexity index is 883. The Kier molecular flexibility index (Phi) is 6.96. The molecule has 1 N–H and O–H groups in total. The fourth-order valence-corrected chi connectivity index (χ4v) is 4.76. The van der Waals surface area contributed by atoms with Crippen LogP contribution < -0.4 is 5.32 Å². The number of piperidine rings is 1. The summed E-state index contributed by atoms with van der Waals surface area (Å²) in [5.41, 5.74) is 1.76. The van der Waals surface area contributed by atoms with E-state index in [0.717, 1.165) is 45.3 Å². The molecule has 4 rings (SSSR count). The minimum atomic E-state index is -0.115. The molecule has 166 valence electrons. The van der Waals surface area contributed by atoms with E-state index in [1.54, 1.807) is 24.0 Å². The fraction of sp³-hybridized carbons (Fsp3) is 0.565. The van der Waals surface area contributed by atoms with Crippen LogP contribution in [0.5, 0.6) is 0 Å². The molecule has 8 nitrogen and oxygen atoms in total. The van der Waals surface area contributed by atoms with Gasteiger partial charge in [-0.2, -0.15) is 5.10 Å². The number of aryl methyl sites for hydroxylation is 1. The number of hydrogen-bond donors (Lipinski definition) is 1. The molecule has 2 aromatic rings. The maximum atomic E-state index is 13.2. The van der Waals surface area contributed by atoms with Crippen LogP contribution in [0, 0.1) is 5.92 Å². The molecule has 2 aromatic heterocycles.